The number of hydrogen-bond acceptors (Lipinski definition) is 3. The fourth-order valence-corrected chi connectivity index (χ4v) is 3.32. The second kappa shape index (κ2) is 6.97. The number of ether oxygens (including phenoxy) is 1. The lowest BCUT2D eigenvalue weighted by Crippen LogP contribution is -2.15. The zero-order valence-electron chi connectivity index (χ0n) is 14.2. The second-order valence-corrected chi connectivity index (χ2v) is 6.03. The van der Waals surface area contributed by atoms with Gasteiger partial charge in [-0.1, -0.05) is 24.3 Å². The van der Waals surface area contributed by atoms with E-state index >= 15 is 0 Å². The Morgan fingerprint density at radius 1 is 1.21 bits per heavy atom. The first kappa shape index (κ1) is 16.4. The summed E-state index contributed by atoms with van der Waals surface area (Å²) in [5.74, 6) is 0.879. The van der Waals surface area contributed by atoms with E-state index in [2.05, 4.69) is 42.0 Å². The van der Waals surface area contributed by atoms with Crippen molar-refractivity contribution in [2.24, 2.45) is 5.73 Å². The number of fused-ring (bicyclic) bond motifs is 1. The molecule has 0 radical (unpaired) electrons. The third-order valence-corrected chi connectivity index (χ3v) is 4.61. The van der Waals surface area contributed by atoms with Crippen LogP contribution in [-0.4, -0.2) is 23.3 Å². The lowest BCUT2D eigenvalue weighted by Gasteiger charge is -2.15. The molecule has 24 heavy (non-hydrogen) atoms. The van der Waals surface area contributed by atoms with Gasteiger partial charge in [0.25, 0.3) is 0 Å². The molecule has 4 nitrogen and oxygen atoms in total. The molecular formula is C20H24N2O2. The summed E-state index contributed by atoms with van der Waals surface area (Å²) >= 11 is 0. The van der Waals surface area contributed by atoms with Crippen molar-refractivity contribution in [2.45, 2.75) is 25.8 Å². The Kier molecular flexibility index (Phi) is 4.76. The molecule has 0 aliphatic heterocycles. The maximum atomic E-state index is 9.77. The summed E-state index contributed by atoms with van der Waals surface area (Å²) in [6, 6.07) is 14.0. The van der Waals surface area contributed by atoms with E-state index in [1.54, 1.807) is 13.2 Å². The predicted molar refractivity (Wildman–Crippen MR) is 97.8 cm³/mol. The van der Waals surface area contributed by atoms with Gasteiger partial charge in [-0.3, -0.25) is 0 Å². The summed E-state index contributed by atoms with van der Waals surface area (Å²) in [5.41, 5.74) is 9.74. The van der Waals surface area contributed by atoms with Gasteiger partial charge in [-0.05, 0) is 49.2 Å². The Labute approximate surface area is 142 Å². The Morgan fingerprint density at radius 2 is 2.00 bits per heavy atom. The summed E-state index contributed by atoms with van der Waals surface area (Å²) in [6.45, 7) is 3.66. The number of hydrogen-bond donors (Lipinski definition) is 2. The molecular weight excluding hydrogens is 300 g/mol. The van der Waals surface area contributed by atoms with Crippen molar-refractivity contribution in [3.05, 3.63) is 59.8 Å². The second-order valence-electron chi connectivity index (χ2n) is 6.03. The van der Waals surface area contributed by atoms with Crippen LogP contribution in [0.2, 0.25) is 0 Å². The smallest absolute Gasteiger partial charge is 0.160 e. The monoisotopic (exact) mass is 324 g/mol. The zero-order valence-corrected chi connectivity index (χ0v) is 14.2. The molecule has 4 heteroatoms. The van der Waals surface area contributed by atoms with E-state index in [9.17, 15) is 5.11 Å². The minimum atomic E-state index is 0.160. The molecule has 2 aromatic carbocycles. The van der Waals surface area contributed by atoms with Crippen LogP contribution in [0.4, 0.5) is 0 Å². The minimum Gasteiger partial charge on any atom is -0.504 e. The molecule has 0 amide bonds. The lowest BCUT2D eigenvalue weighted by atomic mass is 9.91. The van der Waals surface area contributed by atoms with Gasteiger partial charge >= 0.3 is 0 Å². The number of aromatic hydroxyl groups is 1. The van der Waals surface area contributed by atoms with Crippen molar-refractivity contribution in [2.75, 3.05) is 13.7 Å². The van der Waals surface area contributed by atoms with Crippen LogP contribution < -0.4 is 10.5 Å². The fraction of sp³-hybridized carbons (Fsp3) is 0.300. The number of phenols is 1. The third-order valence-electron chi connectivity index (χ3n) is 4.61. The maximum Gasteiger partial charge on any atom is 0.160 e. The molecule has 0 aliphatic carbocycles. The van der Waals surface area contributed by atoms with Gasteiger partial charge in [0.05, 0.1) is 7.11 Å². The number of aromatic nitrogens is 1. The fourth-order valence-electron chi connectivity index (χ4n) is 3.32. The molecule has 0 spiro atoms. The van der Waals surface area contributed by atoms with E-state index in [1.807, 2.05) is 12.1 Å². The largest absolute Gasteiger partial charge is 0.504 e. The van der Waals surface area contributed by atoms with E-state index < -0.39 is 0 Å². The van der Waals surface area contributed by atoms with E-state index in [-0.39, 0.29) is 11.7 Å². The van der Waals surface area contributed by atoms with Crippen LogP contribution in [0.3, 0.4) is 0 Å². The van der Waals surface area contributed by atoms with Crippen molar-refractivity contribution >= 4 is 10.9 Å². The average Bonchev–Trinajstić information content (AvgIpc) is 2.99. The van der Waals surface area contributed by atoms with Gasteiger partial charge in [-0.15, -0.1) is 0 Å². The standard InChI is InChI=1S/C20H24N2O2/c1-3-22-13-17(16-6-4-5-7-18(16)22)15(12-21)10-14-8-9-19(23)20(11-14)24-2/h4-9,11,13,15,23H,3,10,12,21H2,1-2H3. The number of benzene rings is 2. The lowest BCUT2D eigenvalue weighted by molar-refractivity contribution is 0.373. The Morgan fingerprint density at radius 3 is 2.71 bits per heavy atom. The van der Waals surface area contributed by atoms with E-state index in [0.717, 1.165) is 18.5 Å². The number of phenolic OH excluding ortho intramolecular Hbond substituents is 1. The van der Waals surface area contributed by atoms with Gasteiger partial charge in [-0.2, -0.15) is 0 Å². The molecule has 3 aromatic rings. The molecule has 1 aromatic heterocycles. The molecule has 126 valence electrons. The molecule has 1 unspecified atom stereocenters. The first-order valence-corrected chi connectivity index (χ1v) is 8.31. The SMILES string of the molecule is CCn1cc(C(CN)Cc2ccc(O)c(OC)c2)c2ccccc21. The van der Waals surface area contributed by atoms with E-state index in [4.69, 9.17) is 10.5 Å². The topological polar surface area (TPSA) is 60.4 Å². The maximum absolute atomic E-state index is 9.77. The van der Waals surface area contributed by atoms with Crippen LogP contribution >= 0.6 is 0 Å². The number of rotatable bonds is 6. The van der Waals surface area contributed by atoms with Crippen LogP contribution in [0.1, 0.15) is 24.0 Å². The van der Waals surface area contributed by atoms with Gasteiger partial charge in [0.2, 0.25) is 0 Å². The summed E-state index contributed by atoms with van der Waals surface area (Å²) in [5, 5.41) is 11.0. The van der Waals surface area contributed by atoms with Crippen molar-refractivity contribution in [1.82, 2.24) is 4.57 Å². The molecule has 0 saturated heterocycles. The summed E-state index contributed by atoms with van der Waals surface area (Å²) < 4.78 is 7.48. The quantitative estimate of drug-likeness (QED) is 0.727. The van der Waals surface area contributed by atoms with Gasteiger partial charge in [0.15, 0.2) is 11.5 Å². The normalized spacial score (nSPS) is 12.5. The van der Waals surface area contributed by atoms with Crippen LogP contribution in [0.15, 0.2) is 48.7 Å². The van der Waals surface area contributed by atoms with Crippen molar-refractivity contribution in [1.29, 1.82) is 0 Å². The van der Waals surface area contributed by atoms with E-state index in [0.29, 0.717) is 12.3 Å². The van der Waals surface area contributed by atoms with Gasteiger partial charge in [0, 0.05) is 29.6 Å². The Bertz CT molecular complexity index is 839. The number of aryl methyl sites for hydroxylation is 1. The molecule has 0 bridgehead atoms. The highest BCUT2D eigenvalue weighted by Crippen LogP contribution is 2.32. The van der Waals surface area contributed by atoms with Crippen molar-refractivity contribution < 1.29 is 9.84 Å². The van der Waals surface area contributed by atoms with Crippen molar-refractivity contribution in [3.63, 3.8) is 0 Å². The third kappa shape index (κ3) is 2.97. The Hall–Kier alpha value is -2.46. The van der Waals surface area contributed by atoms with E-state index in [1.165, 1.54) is 16.5 Å². The van der Waals surface area contributed by atoms with Crippen LogP contribution in [-0.2, 0) is 13.0 Å². The highest BCUT2D eigenvalue weighted by molar-refractivity contribution is 5.84. The number of nitrogens with two attached hydrogens (primary N) is 1. The van der Waals surface area contributed by atoms with Gasteiger partial charge < -0.3 is 20.1 Å². The highest BCUT2D eigenvalue weighted by Gasteiger charge is 2.17. The molecule has 3 N–H and O–H groups in total. The number of para-hydroxylation sites is 1. The summed E-state index contributed by atoms with van der Waals surface area (Å²) in [4.78, 5) is 0. The van der Waals surface area contributed by atoms with Crippen LogP contribution in [0, 0.1) is 0 Å². The predicted octanol–water partition coefficient (Wildman–Crippen LogP) is 3.66. The van der Waals surface area contributed by atoms with Crippen LogP contribution in [0.5, 0.6) is 11.5 Å². The first-order valence-electron chi connectivity index (χ1n) is 8.31. The molecule has 1 atom stereocenters. The minimum absolute atomic E-state index is 0.160. The molecule has 0 fully saturated rings. The number of nitrogens with zero attached hydrogens (tertiary/aromatic N) is 1. The highest BCUT2D eigenvalue weighted by atomic mass is 16.5. The van der Waals surface area contributed by atoms with Gasteiger partial charge in [-0.25, -0.2) is 0 Å². The van der Waals surface area contributed by atoms with Crippen molar-refractivity contribution in [3.8, 4) is 11.5 Å². The average molecular weight is 324 g/mol. The summed E-state index contributed by atoms with van der Waals surface area (Å²) in [7, 11) is 1.56. The molecule has 0 saturated carbocycles. The Balaban J connectivity index is 1.98. The zero-order chi connectivity index (χ0) is 17.1. The molecule has 3 rings (SSSR count). The summed E-state index contributed by atoms with van der Waals surface area (Å²) in [6.07, 6.45) is 3.03. The molecule has 1 heterocycles. The van der Waals surface area contributed by atoms with Gasteiger partial charge in [0.1, 0.15) is 0 Å². The first-order chi connectivity index (χ1) is 11.7. The molecule has 0 aliphatic rings. The number of methoxy groups -OCH3 is 1. The van der Waals surface area contributed by atoms with Crippen LogP contribution in [0.25, 0.3) is 10.9 Å².